The SMILES string of the molecule is CC[C@H](Oc1ccccc1C)C(=O)Nc1ccc(OCc2ccccc2)cc1. The first-order valence-electron chi connectivity index (χ1n) is 9.45. The number of amides is 1. The Morgan fingerprint density at radius 3 is 2.29 bits per heavy atom. The Morgan fingerprint density at radius 1 is 0.929 bits per heavy atom. The molecule has 0 saturated heterocycles. The Balaban J connectivity index is 1.56. The first kappa shape index (κ1) is 19.5. The van der Waals surface area contributed by atoms with Crippen LogP contribution in [-0.2, 0) is 11.4 Å². The highest BCUT2D eigenvalue weighted by Gasteiger charge is 2.19. The number of nitrogens with one attached hydrogen (secondary N) is 1. The third-order valence-electron chi connectivity index (χ3n) is 4.40. The summed E-state index contributed by atoms with van der Waals surface area (Å²) in [6.45, 7) is 4.41. The van der Waals surface area contributed by atoms with Crippen molar-refractivity contribution in [1.29, 1.82) is 0 Å². The summed E-state index contributed by atoms with van der Waals surface area (Å²) in [5.74, 6) is 1.32. The number of aryl methyl sites for hydroxylation is 1. The van der Waals surface area contributed by atoms with Crippen molar-refractivity contribution in [1.82, 2.24) is 0 Å². The number of carbonyl (C=O) groups excluding carboxylic acids is 1. The smallest absolute Gasteiger partial charge is 0.265 e. The predicted molar refractivity (Wildman–Crippen MR) is 112 cm³/mol. The molecule has 0 unspecified atom stereocenters. The topological polar surface area (TPSA) is 47.6 Å². The van der Waals surface area contributed by atoms with Crippen LogP contribution in [0, 0.1) is 6.92 Å². The summed E-state index contributed by atoms with van der Waals surface area (Å²) in [5.41, 5.74) is 2.83. The van der Waals surface area contributed by atoms with Crippen LogP contribution in [0.5, 0.6) is 11.5 Å². The minimum absolute atomic E-state index is 0.163. The number of para-hydroxylation sites is 1. The molecule has 28 heavy (non-hydrogen) atoms. The first-order chi connectivity index (χ1) is 13.7. The van der Waals surface area contributed by atoms with Crippen LogP contribution in [0.15, 0.2) is 78.9 Å². The van der Waals surface area contributed by atoms with Crippen molar-refractivity contribution >= 4 is 11.6 Å². The molecule has 0 aromatic heterocycles. The van der Waals surface area contributed by atoms with Gasteiger partial charge in [0.25, 0.3) is 5.91 Å². The standard InChI is InChI=1S/C24H25NO3/c1-3-22(28-23-12-8-7-9-18(23)2)24(26)25-20-13-15-21(16-14-20)27-17-19-10-5-4-6-11-19/h4-16,22H,3,17H2,1-2H3,(H,25,26)/t22-/m0/s1. The fourth-order valence-corrected chi connectivity index (χ4v) is 2.76. The largest absolute Gasteiger partial charge is 0.489 e. The maximum Gasteiger partial charge on any atom is 0.265 e. The number of ether oxygens (including phenoxy) is 2. The van der Waals surface area contributed by atoms with E-state index < -0.39 is 6.10 Å². The molecule has 0 heterocycles. The summed E-state index contributed by atoms with van der Waals surface area (Å²) in [7, 11) is 0. The maximum absolute atomic E-state index is 12.6. The van der Waals surface area contributed by atoms with Gasteiger partial charge in [-0.25, -0.2) is 0 Å². The van der Waals surface area contributed by atoms with Crippen LogP contribution >= 0.6 is 0 Å². The van der Waals surface area contributed by atoms with Crippen molar-refractivity contribution in [3.05, 3.63) is 90.0 Å². The van der Waals surface area contributed by atoms with Crippen molar-refractivity contribution in [3.8, 4) is 11.5 Å². The van der Waals surface area contributed by atoms with E-state index in [1.807, 2.05) is 92.7 Å². The second kappa shape index (κ2) is 9.60. The van der Waals surface area contributed by atoms with Gasteiger partial charge in [-0.15, -0.1) is 0 Å². The molecule has 3 aromatic carbocycles. The Morgan fingerprint density at radius 2 is 1.61 bits per heavy atom. The fourth-order valence-electron chi connectivity index (χ4n) is 2.76. The van der Waals surface area contributed by atoms with Gasteiger partial charge >= 0.3 is 0 Å². The molecule has 0 spiro atoms. The molecule has 4 nitrogen and oxygen atoms in total. The molecule has 0 bridgehead atoms. The van der Waals surface area contributed by atoms with Gasteiger partial charge in [-0.05, 0) is 54.8 Å². The van der Waals surface area contributed by atoms with Crippen LogP contribution in [0.4, 0.5) is 5.69 Å². The number of anilines is 1. The first-order valence-corrected chi connectivity index (χ1v) is 9.45. The average molecular weight is 375 g/mol. The summed E-state index contributed by atoms with van der Waals surface area (Å²) in [6, 6.07) is 25.1. The molecular formula is C24H25NO3. The van der Waals surface area contributed by atoms with E-state index in [1.165, 1.54) is 0 Å². The monoisotopic (exact) mass is 375 g/mol. The quantitative estimate of drug-likeness (QED) is 0.576. The molecular weight excluding hydrogens is 350 g/mol. The molecule has 1 N–H and O–H groups in total. The van der Waals surface area contributed by atoms with E-state index in [0.29, 0.717) is 18.7 Å². The maximum atomic E-state index is 12.6. The van der Waals surface area contributed by atoms with Gasteiger partial charge in [0.05, 0.1) is 0 Å². The highest BCUT2D eigenvalue weighted by Crippen LogP contribution is 2.21. The molecule has 0 aliphatic heterocycles. The van der Waals surface area contributed by atoms with Gasteiger partial charge in [0.1, 0.15) is 18.1 Å². The minimum Gasteiger partial charge on any atom is -0.489 e. The third-order valence-corrected chi connectivity index (χ3v) is 4.40. The predicted octanol–water partition coefficient (Wildman–Crippen LogP) is 5.37. The van der Waals surface area contributed by atoms with Gasteiger partial charge in [0.2, 0.25) is 0 Å². The van der Waals surface area contributed by atoms with E-state index in [1.54, 1.807) is 0 Å². The molecule has 0 radical (unpaired) electrons. The fraction of sp³-hybridized carbons (Fsp3) is 0.208. The molecule has 3 rings (SSSR count). The zero-order chi connectivity index (χ0) is 19.8. The lowest BCUT2D eigenvalue weighted by atomic mass is 10.2. The van der Waals surface area contributed by atoms with Crippen LogP contribution in [-0.4, -0.2) is 12.0 Å². The summed E-state index contributed by atoms with van der Waals surface area (Å²) >= 11 is 0. The van der Waals surface area contributed by atoms with Crippen molar-refractivity contribution in [2.45, 2.75) is 33.0 Å². The van der Waals surface area contributed by atoms with E-state index in [9.17, 15) is 4.79 Å². The van der Waals surface area contributed by atoms with E-state index in [0.717, 1.165) is 22.6 Å². The van der Waals surface area contributed by atoms with Gasteiger partial charge in [-0.1, -0.05) is 55.5 Å². The molecule has 0 saturated carbocycles. The zero-order valence-corrected chi connectivity index (χ0v) is 16.2. The average Bonchev–Trinajstić information content (AvgIpc) is 2.73. The highest BCUT2D eigenvalue weighted by atomic mass is 16.5. The molecule has 1 atom stereocenters. The lowest BCUT2D eigenvalue weighted by Gasteiger charge is -2.18. The van der Waals surface area contributed by atoms with Gasteiger partial charge in [-0.3, -0.25) is 4.79 Å². The molecule has 3 aromatic rings. The summed E-state index contributed by atoms with van der Waals surface area (Å²) in [6.07, 6.45) is 0.0356. The van der Waals surface area contributed by atoms with Crippen LogP contribution < -0.4 is 14.8 Å². The van der Waals surface area contributed by atoms with E-state index in [-0.39, 0.29) is 5.91 Å². The zero-order valence-electron chi connectivity index (χ0n) is 16.2. The van der Waals surface area contributed by atoms with E-state index >= 15 is 0 Å². The Labute approximate surface area is 166 Å². The highest BCUT2D eigenvalue weighted by molar-refractivity contribution is 5.94. The Bertz CT molecular complexity index is 891. The third kappa shape index (κ3) is 5.36. The summed E-state index contributed by atoms with van der Waals surface area (Å²) < 4.78 is 11.7. The molecule has 0 aliphatic rings. The van der Waals surface area contributed by atoms with Crippen molar-refractivity contribution < 1.29 is 14.3 Å². The lowest BCUT2D eigenvalue weighted by molar-refractivity contribution is -0.122. The minimum atomic E-state index is -0.546. The normalized spacial score (nSPS) is 11.5. The second-order valence-corrected chi connectivity index (χ2v) is 6.57. The van der Waals surface area contributed by atoms with Gasteiger partial charge in [0.15, 0.2) is 6.10 Å². The van der Waals surface area contributed by atoms with Crippen molar-refractivity contribution in [2.24, 2.45) is 0 Å². The summed E-state index contributed by atoms with van der Waals surface area (Å²) in [4.78, 5) is 12.6. The molecule has 1 amide bonds. The van der Waals surface area contributed by atoms with Gasteiger partial charge in [-0.2, -0.15) is 0 Å². The molecule has 4 heteroatoms. The van der Waals surface area contributed by atoms with Crippen molar-refractivity contribution in [2.75, 3.05) is 5.32 Å². The Hall–Kier alpha value is -3.27. The van der Waals surface area contributed by atoms with Crippen LogP contribution in [0.2, 0.25) is 0 Å². The van der Waals surface area contributed by atoms with E-state index in [4.69, 9.17) is 9.47 Å². The molecule has 144 valence electrons. The number of benzene rings is 3. The summed E-state index contributed by atoms with van der Waals surface area (Å²) in [5, 5.41) is 2.91. The van der Waals surface area contributed by atoms with Gasteiger partial charge in [0, 0.05) is 5.69 Å². The number of hydrogen-bond acceptors (Lipinski definition) is 3. The number of rotatable bonds is 8. The van der Waals surface area contributed by atoms with Crippen LogP contribution in [0.1, 0.15) is 24.5 Å². The van der Waals surface area contributed by atoms with Crippen molar-refractivity contribution in [3.63, 3.8) is 0 Å². The second-order valence-electron chi connectivity index (χ2n) is 6.57. The number of carbonyl (C=O) groups is 1. The van der Waals surface area contributed by atoms with Gasteiger partial charge < -0.3 is 14.8 Å². The Kier molecular flexibility index (Phi) is 6.68. The number of hydrogen-bond donors (Lipinski definition) is 1. The molecule has 0 fully saturated rings. The lowest BCUT2D eigenvalue weighted by Crippen LogP contribution is -2.32. The van der Waals surface area contributed by atoms with E-state index in [2.05, 4.69) is 5.32 Å². The van der Waals surface area contributed by atoms with Crippen LogP contribution in [0.3, 0.4) is 0 Å². The molecule has 0 aliphatic carbocycles. The van der Waals surface area contributed by atoms with Crippen LogP contribution in [0.25, 0.3) is 0 Å².